The molecule has 1 amide bonds. The van der Waals surface area contributed by atoms with E-state index in [2.05, 4.69) is 15.9 Å². The third kappa shape index (κ3) is 3.45. The normalized spacial score (nSPS) is 9.18. The lowest BCUT2D eigenvalue weighted by atomic mass is 10.2. The van der Waals surface area contributed by atoms with Gasteiger partial charge < -0.3 is 4.90 Å². The molecule has 0 fully saturated rings. The summed E-state index contributed by atoms with van der Waals surface area (Å²) >= 11 is 9.13. The minimum absolute atomic E-state index is 0.144. The van der Waals surface area contributed by atoms with Crippen molar-refractivity contribution in [1.29, 1.82) is 10.5 Å². The van der Waals surface area contributed by atoms with Gasteiger partial charge in [-0.25, -0.2) is 0 Å². The molecule has 0 aliphatic rings. The van der Waals surface area contributed by atoms with Crippen LogP contribution in [-0.2, 0) is 0 Å². The van der Waals surface area contributed by atoms with Gasteiger partial charge in [0.15, 0.2) is 0 Å². The van der Waals surface area contributed by atoms with Crippen molar-refractivity contribution in [3.63, 3.8) is 0 Å². The summed E-state index contributed by atoms with van der Waals surface area (Å²) in [5.41, 5.74) is 0.270. The Morgan fingerprint density at radius 2 is 1.94 bits per heavy atom. The molecule has 1 rings (SSSR count). The maximum Gasteiger partial charge on any atom is 0.257 e. The molecular formula is C11H7BrClN3O. The van der Waals surface area contributed by atoms with Gasteiger partial charge >= 0.3 is 0 Å². The van der Waals surface area contributed by atoms with Crippen LogP contribution in [0, 0.1) is 22.7 Å². The van der Waals surface area contributed by atoms with Crippen LogP contribution in [0.2, 0.25) is 5.02 Å². The van der Waals surface area contributed by atoms with Crippen LogP contribution in [0.4, 0.5) is 0 Å². The van der Waals surface area contributed by atoms with E-state index in [1.54, 1.807) is 18.2 Å². The summed E-state index contributed by atoms with van der Waals surface area (Å²) in [6.45, 7) is -0.287. The zero-order chi connectivity index (χ0) is 12.8. The van der Waals surface area contributed by atoms with Gasteiger partial charge in [0.05, 0.1) is 22.7 Å². The highest BCUT2D eigenvalue weighted by Gasteiger charge is 2.18. The van der Waals surface area contributed by atoms with Gasteiger partial charge in [-0.15, -0.1) is 0 Å². The van der Waals surface area contributed by atoms with Crippen LogP contribution in [-0.4, -0.2) is 23.9 Å². The second-order valence-corrected chi connectivity index (χ2v) is 4.42. The van der Waals surface area contributed by atoms with Crippen molar-refractivity contribution in [2.75, 3.05) is 13.1 Å². The monoisotopic (exact) mass is 311 g/mol. The molecule has 4 nitrogen and oxygen atoms in total. The molecule has 0 spiro atoms. The number of hydrogen-bond acceptors (Lipinski definition) is 3. The standard InChI is InChI=1S/C11H7BrClN3O/c12-8-1-2-10(13)9(7-8)11(17)16(5-3-14)6-4-15/h1-2,7H,5-6H2. The molecule has 86 valence electrons. The zero-order valence-electron chi connectivity index (χ0n) is 8.65. The lowest BCUT2D eigenvalue weighted by molar-refractivity contribution is 0.0795. The minimum Gasteiger partial charge on any atom is -0.312 e. The Balaban J connectivity index is 3.06. The Bertz CT molecular complexity index is 502. The molecule has 0 aliphatic carbocycles. The Hall–Kier alpha value is -1.56. The molecule has 1 aromatic carbocycles. The van der Waals surface area contributed by atoms with Gasteiger partial charge in [-0.2, -0.15) is 10.5 Å². The van der Waals surface area contributed by atoms with Crippen LogP contribution in [0.5, 0.6) is 0 Å². The molecule has 0 radical (unpaired) electrons. The van der Waals surface area contributed by atoms with Gasteiger partial charge in [0.1, 0.15) is 13.1 Å². The van der Waals surface area contributed by atoms with Gasteiger partial charge in [-0.3, -0.25) is 4.79 Å². The SMILES string of the molecule is N#CCN(CC#N)C(=O)c1cc(Br)ccc1Cl. The molecule has 0 saturated heterocycles. The van der Waals surface area contributed by atoms with Crippen LogP contribution in [0.15, 0.2) is 22.7 Å². The highest BCUT2D eigenvalue weighted by atomic mass is 79.9. The van der Waals surface area contributed by atoms with Crippen molar-refractivity contribution < 1.29 is 4.79 Å². The third-order valence-corrected chi connectivity index (χ3v) is 2.79. The summed E-state index contributed by atoms with van der Waals surface area (Å²) < 4.78 is 0.708. The molecule has 0 heterocycles. The first-order valence-electron chi connectivity index (χ1n) is 4.58. The quantitative estimate of drug-likeness (QED) is 0.806. The first-order valence-corrected chi connectivity index (χ1v) is 5.75. The van der Waals surface area contributed by atoms with E-state index in [0.717, 1.165) is 4.90 Å². The van der Waals surface area contributed by atoms with Crippen LogP contribution in [0.3, 0.4) is 0 Å². The van der Waals surface area contributed by atoms with Crippen LogP contribution >= 0.6 is 27.5 Å². The number of carbonyl (C=O) groups is 1. The van der Waals surface area contributed by atoms with Gasteiger partial charge in [0, 0.05) is 4.47 Å². The summed E-state index contributed by atoms with van der Waals surface area (Å²) in [4.78, 5) is 13.1. The molecule has 0 saturated carbocycles. The summed E-state index contributed by atoms with van der Waals surface area (Å²) in [5, 5.41) is 17.5. The number of benzene rings is 1. The van der Waals surface area contributed by atoms with E-state index in [4.69, 9.17) is 22.1 Å². The van der Waals surface area contributed by atoms with Crippen molar-refractivity contribution in [3.05, 3.63) is 33.3 Å². The minimum atomic E-state index is -0.431. The van der Waals surface area contributed by atoms with Gasteiger partial charge in [-0.05, 0) is 18.2 Å². The molecule has 0 aliphatic heterocycles. The predicted molar refractivity (Wildman–Crippen MR) is 66.3 cm³/mol. The lowest BCUT2D eigenvalue weighted by Gasteiger charge is -2.16. The van der Waals surface area contributed by atoms with Gasteiger partial charge in [-0.1, -0.05) is 27.5 Å². The molecular weight excluding hydrogens is 305 g/mol. The van der Waals surface area contributed by atoms with E-state index in [1.165, 1.54) is 0 Å². The molecule has 0 bridgehead atoms. The van der Waals surface area contributed by atoms with E-state index in [-0.39, 0.29) is 18.7 Å². The number of nitriles is 2. The van der Waals surface area contributed by atoms with Gasteiger partial charge in [0.25, 0.3) is 5.91 Å². The molecule has 1 aromatic rings. The third-order valence-electron chi connectivity index (χ3n) is 1.97. The fourth-order valence-corrected chi connectivity index (χ4v) is 1.76. The summed E-state index contributed by atoms with van der Waals surface area (Å²) in [6, 6.07) is 8.52. The highest BCUT2D eigenvalue weighted by Crippen LogP contribution is 2.22. The number of carbonyl (C=O) groups excluding carboxylic acids is 1. The van der Waals surface area contributed by atoms with Crippen molar-refractivity contribution in [3.8, 4) is 12.1 Å². The van der Waals surface area contributed by atoms with E-state index in [1.807, 2.05) is 12.1 Å². The van der Waals surface area contributed by atoms with Crippen LogP contribution in [0.25, 0.3) is 0 Å². The van der Waals surface area contributed by atoms with E-state index >= 15 is 0 Å². The maximum atomic E-state index is 12.0. The molecule has 17 heavy (non-hydrogen) atoms. The summed E-state index contributed by atoms with van der Waals surface area (Å²) in [7, 11) is 0. The lowest BCUT2D eigenvalue weighted by Crippen LogP contribution is -2.32. The molecule has 0 unspecified atom stereocenters. The molecule has 0 N–H and O–H groups in total. The van der Waals surface area contributed by atoms with Crippen molar-refractivity contribution in [1.82, 2.24) is 4.90 Å². The highest BCUT2D eigenvalue weighted by molar-refractivity contribution is 9.10. The van der Waals surface area contributed by atoms with E-state index in [0.29, 0.717) is 9.50 Å². The smallest absolute Gasteiger partial charge is 0.257 e. The van der Waals surface area contributed by atoms with E-state index < -0.39 is 5.91 Å². The number of nitrogens with zero attached hydrogens (tertiary/aromatic N) is 3. The summed E-state index contributed by atoms with van der Waals surface area (Å²) in [6.07, 6.45) is 0. The Morgan fingerprint density at radius 1 is 1.35 bits per heavy atom. The van der Waals surface area contributed by atoms with Crippen molar-refractivity contribution in [2.24, 2.45) is 0 Å². The number of amides is 1. The first-order chi connectivity index (χ1) is 8.10. The van der Waals surface area contributed by atoms with Crippen LogP contribution < -0.4 is 0 Å². The second kappa shape index (κ2) is 6.24. The number of halogens is 2. The average molecular weight is 313 g/mol. The largest absolute Gasteiger partial charge is 0.312 e. The molecule has 0 atom stereocenters. The topological polar surface area (TPSA) is 67.9 Å². The first kappa shape index (κ1) is 13.5. The maximum absolute atomic E-state index is 12.0. The fourth-order valence-electron chi connectivity index (χ4n) is 1.20. The average Bonchev–Trinajstić information content (AvgIpc) is 2.31. The fraction of sp³-hybridized carbons (Fsp3) is 0.182. The predicted octanol–water partition coefficient (Wildman–Crippen LogP) is 2.59. The number of hydrogen-bond donors (Lipinski definition) is 0. The Labute approximate surface area is 112 Å². The second-order valence-electron chi connectivity index (χ2n) is 3.10. The summed E-state index contributed by atoms with van der Waals surface area (Å²) in [5.74, 6) is -0.431. The van der Waals surface area contributed by atoms with Crippen molar-refractivity contribution >= 4 is 33.4 Å². The number of rotatable bonds is 3. The van der Waals surface area contributed by atoms with E-state index in [9.17, 15) is 4.79 Å². The Morgan fingerprint density at radius 3 is 2.47 bits per heavy atom. The molecule has 6 heteroatoms. The zero-order valence-corrected chi connectivity index (χ0v) is 11.0. The van der Waals surface area contributed by atoms with Crippen LogP contribution in [0.1, 0.15) is 10.4 Å². The van der Waals surface area contributed by atoms with Crippen molar-refractivity contribution in [2.45, 2.75) is 0 Å². The Kier molecular flexibility index (Phi) is 4.96. The molecule has 0 aromatic heterocycles. The van der Waals surface area contributed by atoms with Gasteiger partial charge in [0.2, 0.25) is 0 Å².